The van der Waals surface area contributed by atoms with Gasteiger partial charge < -0.3 is 0 Å². The van der Waals surface area contributed by atoms with Crippen molar-refractivity contribution in [2.75, 3.05) is 6.67 Å². The molecule has 0 saturated carbocycles. The van der Waals surface area contributed by atoms with E-state index in [1.807, 2.05) is 0 Å². The molecule has 16 heavy (non-hydrogen) atoms. The Morgan fingerprint density at radius 3 is 2.62 bits per heavy atom. The van der Waals surface area contributed by atoms with Crippen molar-refractivity contribution in [3.63, 3.8) is 0 Å². The average molecular weight is 247 g/mol. The number of rotatable bonds is 3. The summed E-state index contributed by atoms with van der Waals surface area (Å²) in [7, 11) is 0. The molecule has 3 nitrogen and oxygen atoms in total. The number of carbonyl (C=O) groups is 1. The van der Waals surface area contributed by atoms with E-state index in [0.29, 0.717) is 5.56 Å². The van der Waals surface area contributed by atoms with Crippen LogP contribution < -0.4 is 0 Å². The second-order valence-corrected chi connectivity index (χ2v) is 4.50. The third kappa shape index (κ3) is 2.51. The molecule has 1 aromatic carbocycles. The summed E-state index contributed by atoms with van der Waals surface area (Å²) in [5.74, 6) is -0.897. The van der Waals surface area contributed by atoms with Crippen molar-refractivity contribution < 1.29 is 19.3 Å². The Morgan fingerprint density at radius 1 is 1.56 bits per heavy atom. The fourth-order valence-corrected chi connectivity index (χ4v) is 1.75. The van der Waals surface area contributed by atoms with Gasteiger partial charge in [0.1, 0.15) is 0 Å². The van der Waals surface area contributed by atoms with E-state index in [-0.39, 0.29) is 10.6 Å². The van der Waals surface area contributed by atoms with Crippen LogP contribution in [0, 0.1) is 0 Å². The molecule has 0 heterocycles. The second-order valence-electron chi connectivity index (χ2n) is 4.09. The highest BCUT2D eigenvalue weighted by Crippen LogP contribution is 2.31. The minimum Gasteiger partial charge on any atom is -0.296 e. The molecule has 5 heteroatoms. The summed E-state index contributed by atoms with van der Waals surface area (Å²) < 4.78 is 12.8. The molecule has 0 radical (unpaired) electrons. The SMILES string of the molecule is CC(C)(CF)c1ccc(C(=O)OO)cc1Cl. The lowest BCUT2D eigenvalue weighted by molar-refractivity contribution is -0.182. The molecule has 0 bridgehead atoms. The zero-order valence-electron chi connectivity index (χ0n) is 8.96. The Balaban J connectivity index is 3.15. The maximum absolute atomic E-state index is 12.8. The van der Waals surface area contributed by atoms with Crippen molar-refractivity contribution in [3.05, 3.63) is 34.3 Å². The van der Waals surface area contributed by atoms with Crippen LogP contribution in [0.15, 0.2) is 18.2 Å². The first kappa shape index (κ1) is 12.9. The standard InChI is InChI=1S/C11H12ClFO3/c1-11(2,6-13)8-4-3-7(5-9(8)12)10(14)16-15/h3-5,15H,6H2,1-2H3. The van der Waals surface area contributed by atoms with E-state index in [1.54, 1.807) is 19.9 Å². The van der Waals surface area contributed by atoms with Gasteiger partial charge in [0.25, 0.3) is 0 Å². The highest BCUT2D eigenvalue weighted by atomic mass is 35.5. The number of hydrogen-bond acceptors (Lipinski definition) is 3. The van der Waals surface area contributed by atoms with E-state index in [9.17, 15) is 9.18 Å². The Labute approximate surface area is 97.7 Å². The van der Waals surface area contributed by atoms with Gasteiger partial charge in [-0.15, -0.1) is 0 Å². The Kier molecular flexibility index (Phi) is 3.88. The highest BCUT2D eigenvalue weighted by Gasteiger charge is 2.24. The molecule has 0 aromatic heterocycles. The molecule has 0 aliphatic heterocycles. The van der Waals surface area contributed by atoms with Gasteiger partial charge in [0.15, 0.2) is 0 Å². The van der Waals surface area contributed by atoms with Gasteiger partial charge in [-0.25, -0.2) is 4.79 Å². The zero-order chi connectivity index (χ0) is 12.3. The molecule has 0 unspecified atom stereocenters. The van der Waals surface area contributed by atoms with Crippen LogP contribution in [-0.4, -0.2) is 17.9 Å². The lowest BCUT2D eigenvalue weighted by Gasteiger charge is -2.22. The maximum Gasteiger partial charge on any atom is 0.372 e. The Bertz CT molecular complexity index is 404. The molecular formula is C11H12ClFO3. The molecule has 0 atom stereocenters. The third-order valence-corrected chi connectivity index (χ3v) is 2.66. The summed E-state index contributed by atoms with van der Waals surface area (Å²) in [6.45, 7) is 2.85. The topological polar surface area (TPSA) is 46.5 Å². The van der Waals surface area contributed by atoms with E-state index in [0.717, 1.165) is 0 Å². The number of hydrogen-bond donors (Lipinski definition) is 1. The van der Waals surface area contributed by atoms with Crippen molar-refractivity contribution in [2.45, 2.75) is 19.3 Å². The molecule has 1 N–H and O–H groups in total. The third-order valence-electron chi connectivity index (χ3n) is 2.35. The first-order valence-electron chi connectivity index (χ1n) is 4.64. The summed E-state index contributed by atoms with van der Waals surface area (Å²) in [4.78, 5) is 14.6. The van der Waals surface area contributed by atoms with Crippen LogP contribution in [0.5, 0.6) is 0 Å². The fraction of sp³-hybridized carbons (Fsp3) is 0.364. The van der Waals surface area contributed by atoms with Gasteiger partial charge in [-0.2, -0.15) is 5.26 Å². The van der Waals surface area contributed by atoms with Gasteiger partial charge in [-0.1, -0.05) is 31.5 Å². The monoisotopic (exact) mass is 246 g/mol. The van der Waals surface area contributed by atoms with Gasteiger partial charge >= 0.3 is 5.97 Å². The molecule has 0 spiro atoms. The quantitative estimate of drug-likeness (QED) is 0.658. The van der Waals surface area contributed by atoms with E-state index >= 15 is 0 Å². The van der Waals surface area contributed by atoms with Crippen LogP contribution in [0.3, 0.4) is 0 Å². The molecule has 1 aromatic rings. The second kappa shape index (κ2) is 4.80. The van der Waals surface area contributed by atoms with Crippen molar-refractivity contribution in [1.82, 2.24) is 0 Å². The Morgan fingerprint density at radius 2 is 2.19 bits per heavy atom. The van der Waals surface area contributed by atoms with Crippen LogP contribution in [0.25, 0.3) is 0 Å². The minimum atomic E-state index is -0.897. The van der Waals surface area contributed by atoms with Crippen LogP contribution in [0.2, 0.25) is 5.02 Å². The van der Waals surface area contributed by atoms with Gasteiger partial charge in [0.05, 0.1) is 12.2 Å². The fourth-order valence-electron chi connectivity index (χ4n) is 1.32. The smallest absolute Gasteiger partial charge is 0.296 e. The van der Waals surface area contributed by atoms with Crippen LogP contribution >= 0.6 is 11.6 Å². The predicted octanol–water partition coefficient (Wildman–Crippen LogP) is 3.22. The summed E-state index contributed by atoms with van der Waals surface area (Å²) in [5.41, 5.74) is 0.00991. The van der Waals surface area contributed by atoms with Crippen molar-refractivity contribution >= 4 is 17.6 Å². The molecule has 0 saturated heterocycles. The normalized spacial score (nSPS) is 11.3. The van der Waals surface area contributed by atoms with Crippen LogP contribution in [0.4, 0.5) is 4.39 Å². The lowest BCUT2D eigenvalue weighted by Crippen LogP contribution is -2.20. The van der Waals surface area contributed by atoms with Crippen LogP contribution in [-0.2, 0) is 10.3 Å². The van der Waals surface area contributed by atoms with E-state index in [2.05, 4.69) is 4.89 Å². The van der Waals surface area contributed by atoms with E-state index in [1.165, 1.54) is 12.1 Å². The first-order chi connectivity index (χ1) is 7.42. The maximum atomic E-state index is 12.8. The van der Waals surface area contributed by atoms with Crippen LogP contribution in [0.1, 0.15) is 29.8 Å². The molecular weight excluding hydrogens is 235 g/mol. The lowest BCUT2D eigenvalue weighted by atomic mass is 9.85. The van der Waals surface area contributed by atoms with Crippen molar-refractivity contribution in [3.8, 4) is 0 Å². The summed E-state index contributed by atoms with van der Waals surface area (Å²) in [5, 5.41) is 8.47. The van der Waals surface area contributed by atoms with E-state index in [4.69, 9.17) is 16.9 Å². The van der Waals surface area contributed by atoms with E-state index < -0.39 is 18.1 Å². The largest absolute Gasteiger partial charge is 0.372 e. The predicted molar refractivity (Wildman–Crippen MR) is 58.5 cm³/mol. The highest BCUT2D eigenvalue weighted by molar-refractivity contribution is 6.31. The molecule has 0 aliphatic rings. The number of alkyl halides is 1. The molecule has 88 valence electrons. The minimum absolute atomic E-state index is 0.117. The first-order valence-corrected chi connectivity index (χ1v) is 5.02. The molecule has 1 rings (SSSR count). The number of benzene rings is 1. The Hall–Kier alpha value is -1.13. The molecule has 0 fully saturated rings. The molecule has 0 aliphatic carbocycles. The van der Waals surface area contributed by atoms with Gasteiger partial charge in [-0.3, -0.25) is 9.28 Å². The van der Waals surface area contributed by atoms with Crippen molar-refractivity contribution in [1.29, 1.82) is 0 Å². The van der Waals surface area contributed by atoms with Gasteiger partial charge in [0.2, 0.25) is 0 Å². The molecule has 0 amide bonds. The van der Waals surface area contributed by atoms with Crippen molar-refractivity contribution in [2.24, 2.45) is 0 Å². The van der Waals surface area contributed by atoms with Gasteiger partial charge in [0, 0.05) is 10.4 Å². The van der Waals surface area contributed by atoms with Gasteiger partial charge in [-0.05, 0) is 17.7 Å². The number of carbonyl (C=O) groups excluding carboxylic acids is 1. The summed E-state index contributed by atoms with van der Waals surface area (Å²) in [6, 6.07) is 4.32. The summed E-state index contributed by atoms with van der Waals surface area (Å²) in [6.07, 6.45) is 0. The average Bonchev–Trinajstić information content (AvgIpc) is 2.27. The summed E-state index contributed by atoms with van der Waals surface area (Å²) >= 11 is 5.94. The zero-order valence-corrected chi connectivity index (χ0v) is 9.71. The number of halogens is 2.